The lowest BCUT2D eigenvalue weighted by Gasteiger charge is -2.16. The van der Waals surface area contributed by atoms with E-state index in [1.807, 2.05) is 6.07 Å². The van der Waals surface area contributed by atoms with Crippen LogP contribution in [0.15, 0.2) is 91.4 Å². The molecule has 206 valence electrons. The maximum Gasteiger partial charge on any atom is 0.335 e. The molecule has 2 N–H and O–H groups in total. The number of anilines is 1. The number of aromatic nitrogens is 5. The van der Waals surface area contributed by atoms with E-state index in [0.717, 1.165) is 11.1 Å². The predicted molar refractivity (Wildman–Crippen MR) is 147 cm³/mol. The lowest BCUT2D eigenvalue weighted by Crippen LogP contribution is -2.47. The summed E-state index contributed by atoms with van der Waals surface area (Å²) >= 11 is 6.32. The van der Waals surface area contributed by atoms with E-state index in [9.17, 15) is 19.1 Å². The van der Waals surface area contributed by atoms with Crippen LogP contribution in [0.2, 0.25) is 5.02 Å². The van der Waals surface area contributed by atoms with Gasteiger partial charge in [-0.1, -0.05) is 23.7 Å². The number of hydrogen-bond acceptors (Lipinski definition) is 6. The maximum atomic E-state index is 13.7. The Kier molecular flexibility index (Phi) is 7.97. The minimum atomic E-state index is -1.07. The summed E-state index contributed by atoms with van der Waals surface area (Å²) in [6.07, 6.45) is 3.42. The number of rotatable bonds is 9. The number of carboxylic acids is 1. The zero-order valence-electron chi connectivity index (χ0n) is 21.6. The van der Waals surface area contributed by atoms with E-state index in [1.54, 1.807) is 42.6 Å². The Balaban J connectivity index is 1.53. The Morgan fingerprint density at radius 3 is 2.49 bits per heavy atom. The summed E-state index contributed by atoms with van der Waals surface area (Å²) in [4.78, 5) is 30.6. The van der Waals surface area contributed by atoms with Gasteiger partial charge in [0.05, 0.1) is 16.8 Å². The van der Waals surface area contributed by atoms with Crippen molar-refractivity contribution in [2.45, 2.75) is 12.3 Å². The van der Waals surface area contributed by atoms with Crippen molar-refractivity contribution in [1.82, 2.24) is 20.2 Å². The molecule has 2 heterocycles. The van der Waals surface area contributed by atoms with Gasteiger partial charge in [-0.2, -0.15) is 4.68 Å². The van der Waals surface area contributed by atoms with Crippen LogP contribution in [0, 0.1) is 5.82 Å². The molecular weight excluding hydrogens is 551 g/mol. The summed E-state index contributed by atoms with van der Waals surface area (Å²) in [5.74, 6) is -2.59. The molecule has 5 rings (SSSR count). The van der Waals surface area contributed by atoms with E-state index in [2.05, 4.69) is 20.8 Å². The van der Waals surface area contributed by atoms with Crippen molar-refractivity contribution in [2.75, 3.05) is 12.4 Å². The Hall–Kier alpha value is -5.16. The van der Waals surface area contributed by atoms with E-state index >= 15 is 0 Å². The smallest absolute Gasteiger partial charge is 0.335 e. The van der Waals surface area contributed by atoms with Gasteiger partial charge in [-0.15, -0.1) is 5.10 Å². The van der Waals surface area contributed by atoms with Crippen LogP contribution in [0.5, 0.6) is 0 Å². The average molecular weight is 574 g/mol. The highest BCUT2D eigenvalue weighted by Gasteiger charge is 2.32. The summed E-state index contributed by atoms with van der Waals surface area (Å²) in [5, 5.41) is 23.9. The van der Waals surface area contributed by atoms with Crippen LogP contribution in [-0.4, -0.2) is 44.3 Å². The highest BCUT2D eigenvalue weighted by molar-refractivity contribution is 6.31. The van der Waals surface area contributed by atoms with Gasteiger partial charge >= 0.3 is 5.97 Å². The van der Waals surface area contributed by atoms with Gasteiger partial charge in [0.15, 0.2) is 0 Å². The number of halogens is 2. The van der Waals surface area contributed by atoms with Crippen molar-refractivity contribution in [3.05, 3.63) is 119 Å². The molecule has 5 aromatic rings. The third kappa shape index (κ3) is 6.20. The number of nitrogens with one attached hydrogen (secondary N) is 1. The minimum Gasteiger partial charge on any atom is -0.478 e. The molecule has 1 atom stereocenters. The maximum absolute atomic E-state index is 13.7. The van der Waals surface area contributed by atoms with Crippen LogP contribution in [0.4, 0.5) is 10.1 Å². The molecule has 3 aromatic carbocycles. The summed E-state index contributed by atoms with van der Waals surface area (Å²) in [5.41, 5.74) is 3.89. The van der Waals surface area contributed by atoms with Crippen LogP contribution < -0.4 is 14.9 Å². The number of carbonyl (C=O) groups excluding carboxylic acids is 1. The number of benzene rings is 3. The fourth-order valence-electron chi connectivity index (χ4n) is 4.40. The molecule has 2 aromatic heterocycles. The third-order valence-corrected chi connectivity index (χ3v) is 6.67. The molecule has 41 heavy (non-hydrogen) atoms. The second-order valence-electron chi connectivity index (χ2n) is 9.02. The van der Waals surface area contributed by atoms with Crippen LogP contribution in [-0.2, 0) is 11.2 Å². The van der Waals surface area contributed by atoms with Gasteiger partial charge in [-0.25, -0.2) is 9.18 Å². The zero-order valence-corrected chi connectivity index (χ0v) is 22.4. The number of carboxylic acid groups (broad SMARTS) is 1. The van der Waals surface area contributed by atoms with Crippen molar-refractivity contribution >= 4 is 29.2 Å². The molecule has 0 fully saturated rings. The first-order chi connectivity index (χ1) is 19.8. The van der Waals surface area contributed by atoms with Gasteiger partial charge in [0, 0.05) is 27.1 Å². The van der Waals surface area contributed by atoms with Crippen molar-refractivity contribution in [2.24, 2.45) is 0 Å². The van der Waals surface area contributed by atoms with E-state index in [1.165, 1.54) is 59.2 Å². The van der Waals surface area contributed by atoms with E-state index in [0.29, 0.717) is 27.7 Å². The molecule has 0 aliphatic heterocycles. The van der Waals surface area contributed by atoms with Gasteiger partial charge in [-0.05, 0) is 83.1 Å². The van der Waals surface area contributed by atoms with Gasteiger partial charge < -0.3 is 10.4 Å². The molecule has 0 radical (unpaired) electrons. The fraction of sp³-hybridized carbons (Fsp3) is 0.103. The van der Waals surface area contributed by atoms with Crippen LogP contribution in [0.25, 0.3) is 16.8 Å². The summed E-state index contributed by atoms with van der Waals surface area (Å²) < 4.78 is 16.6. The second kappa shape index (κ2) is 11.9. The SMILES string of the molecule is CO[n+]1cc(-c2cc(Cl)ccc2-n2cnnn2)ccc1C(Cc1ccc(F)cc1)C(=O)Nc1ccc(C(=O)O)cc1. The number of amides is 1. The third-order valence-electron chi connectivity index (χ3n) is 6.43. The molecule has 0 aliphatic rings. The first-order valence-electron chi connectivity index (χ1n) is 12.3. The molecule has 0 saturated heterocycles. The second-order valence-corrected chi connectivity index (χ2v) is 9.46. The molecule has 0 aliphatic carbocycles. The van der Waals surface area contributed by atoms with Crippen molar-refractivity contribution in [3.8, 4) is 16.8 Å². The molecular formula is C29H23ClFN6O4+. The first-order valence-corrected chi connectivity index (χ1v) is 12.7. The molecule has 0 saturated carbocycles. The Morgan fingerprint density at radius 2 is 1.83 bits per heavy atom. The highest BCUT2D eigenvalue weighted by Crippen LogP contribution is 2.30. The van der Waals surface area contributed by atoms with Gasteiger partial charge in [0.25, 0.3) is 0 Å². The van der Waals surface area contributed by atoms with Crippen molar-refractivity contribution in [1.29, 1.82) is 0 Å². The number of tetrazole rings is 1. The number of carbonyl (C=O) groups is 2. The van der Waals surface area contributed by atoms with Gasteiger partial charge in [0.1, 0.15) is 25.2 Å². The standard InChI is InChI=1S/C29H22ClFN6O4/c1-41-37-16-20(24-15-21(30)7-13-26(24)36-17-32-34-35-36)6-12-27(37)25(14-18-2-8-22(31)9-3-18)28(38)33-23-10-4-19(5-11-23)29(39)40/h2-13,15-17,25H,14H2,1H3,(H-,33,38,39,40)/p+1. The zero-order chi connectivity index (χ0) is 28.9. The van der Waals surface area contributed by atoms with Gasteiger partial charge in [0.2, 0.25) is 17.8 Å². The topological polar surface area (TPSA) is 123 Å². The van der Waals surface area contributed by atoms with Gasteiger partial charge in [-0.3, -0.25) is 9.63 Å². The highest BCUT2D eigenvalue weighted by atomic mass is 35.5. The largest absolute Gasteiger partial charge is 0.478 e. The average Bonchev–Trinajstić information content (AvgIpc) is 3.52. The van der Waals surface area contributed by atoms with Crippen LogP contribution >= 0.6 is 11.6 Å². The van der Waals surface area contributed by atoms with Crippen molar-refractivity contribution in [3.63, 3.8) is 0 Å². The fourth-order valence-corrected chi connectivity index (χ4v) is 4.58. The molecule has 1 unspecified atom stereocenters. The number of pyridine rings is 1. The summed E-state index contributed by atoms with van der Waals surface area (Å²) in [6, 6.07) is 20.6. The molecule has 0 bridgehead atoms. The van der Waals surface area contributed by atoms with E-state index in [4.69, 9.17) is 16.4 Å². The van der Waals surface area contributed by atoms with Crippen LogP contribution in [0.3, 0.4) is 0 Å². The summed E-state index contributed by atoms with van der Waals surface area (Å²) in [6.45, 7) is 0. The molecule has 10 nitrogen and oxygen atoms in total. The lowest BCUT2D eigenvalue weighted by molar-refractivity contribution is -0.890. The van der Waals surface area contributed by atoms with E-state index < -0.39 is 11.9 Å². The van der Waals surface area contributed by atoms with E-state index in [-0.39, 0.29) is 23.7 Å². The lowest BCUT2D eigenvalue weighted by atomic mass is 9.93. The monoisotopic (exact) mass is 573 g/mol. The summed E-state index contributed by atoms with van der Waals surface area (Å²) in [7, 11) is 1.48. The first kappa shape index (κ1) is 27.4. The van der Waals surface area contributed by atoms with Crippen molar-refractivity contribution < 1.29 is 28.7 Å². The Morgan fingerprint density at radius 1 is 1.07 bits per heavy atom. The number of nitrogens with zero attached hydrogens (tertiary/aromatic N) is 5. The van der Waals surface area contributed by atoms with Crippen LogP contribution in [0.1, 0.15) is 27.5 Å². The predicted octanol–water partition coefficient (Wildman–Crippen LogP) is 4.13. The molecule has 1 amide bonds. The normalized spacial score (nSPS) is 11.6. The molecule has 0 spiro atoms. The molecule has 12 heteroatoms. The number of hydrogen-bond donors (Lipinski definition) is 2. The Labute approximate surface area is 238 Å². The Bertz CT molecular complexity index is 1700. The number of aromatic carboxylic acids is 1. The minimum absolute atomic E-state index is 0.0979. The quantitative estimate of drug-likeness (QED) is 0.254.